The van der Waals surface area contributed by atoms with Crippen LogP contribution in [0.2, 0.25) is 0 Å². The number of piperidine rings is 1. The van der Waals surface area contributed by atoms with Crippen molar-refractivity contribution in [2.75, 3.05) is 11.4 Å². The Labute approximate surface area is 132 Å². The molecule has 2 aliphatic rings. The van der Waals surface area contributed by atoms with Crippen molar-refractivity contribution in [1.29, 1.82) is 0 Å². The van der Waals surface area contributed by atoms with Crippen LogP contribution < -0.4 is 10.2 Å². The molecule has 0 spiro atoms. The highest BCUT2D eigenvalue weighted by Crippen LogP contribution is 2.31. The summed E-state index contributed by atoms with van der Waals surface area (Å²) in [6.07, 6.45) is 7.04. The number of nitrogens with one attached hydrogen (secondary N) is 1. The molecule has 0 aliphatic carbocycles. The minimum absolute atomic E-state index is 0.564. The van der Waals surface area contributed by atoms with Gasteiger partial charge in [0.1, 0.15) is 0 Å². The monoisotopic (exact) mass is 349 g/mol. The summed E-state index contributed by atoms with van der Waals surface area (Å²) in [6.45, 7) is 3.16. The van der Waals surface area contributed by atoms with Crippen LogP contribution >= 0.6 is 15.9 Å². The largest absolute Gasteiger partial charge is 0.337 e. The van der Waals surface area contributed by atoms with Gasteiger partial charge in [0.15, 0.2) is 5.65 Å². The summed E-state index contributed by atoms with van der Waals surface area (Å²) in [4.78, 5) is 7.09. The first-order valence-corrected chi connectivity index (χ1v) is 8.57. The van der Waals surface area contributed by atoms with Gasteiger partial charge in [-0.05, 0) is 60.7 Å². The third-order valence-electron chi connectivity index (χ3n) is 4.77. The Balaban J connectivity index is 1.64. The summed E-state index contributed by atoms with van der Waals surface area (Å²) < 4.78 is 2.88. The maximum Gasteiger partial charge on any atom is 0.245 e. The lowest BCUT2D eigenvalue weighted by Gasteiger charge is -2.36. The third kappa shape index (κ3) is 2.44. The molecule has 2 unspecified atom stereocenters. The van der Waals surface area contributed by atoms with Gasteiger partial charge in [-0.1, -0.05) is 0 Å². The minimum atomic E-state index is 0.564. The molecule has 1 N–H and O–H groups in total. The molecular formula is C15H20BrN5. The topological polar surface area (TPSA) is 45.5 Å². The van der Waals surface area contributed by atoms with E-state index in [0.717, 1.165) is 22.6 Å². The minimum Gasteiger partial charge on any atom is -0.337 e. The second kappa shape index (κ2) is 5.25. The zero-order valence-electron chi connectivity index (χ0n) is 12.2. The summed E-state index contributed by atoms with van der Waals surface area (Å²) in [7, 11) is 0. The molecular weight excluding hydrogens is 330 g/mol. The van der Waals surface area contributed by atoms with Crippen LogP contribution in [0.25, 0.3) is 5.65 Å². The average Bonchev–Trinajstić information content (AvgIpc) is 3.02. The van der Waals surface area contributed by atoms with Crippen molar-refractivity contribution in [2.24, 2.45) is 0 Å². The average molecular weight is 350 g/mol. The van der Waals surface area contributed by atoms with Crippen molar-refractivity contribution in [3.63, 3.8) is 0 Å². The highest BCUT2D eigenvalue weighted by molar-refractivity contribution is 9.10. The number of rotatable bonds is 3. The van der Waals surface area contributed by atoms with Crippen LogP contribution in [0.3, 0.4) is 0 Å². The van der Waals surface area contributed by atoms with Crippen molar-refractivity contribution in [1.82, 2.24) is 19.9 Å². The van der Waals surface area contributed by atoms with E-state index >= 15 is 0 Å². The second-order valence-electron chi connectivity index (χ2n) is 6.11. The van der Waals surface area contributed by atoms with Gasteiger partial charge in [0, 0.05) is 35.3 Å². The molecule has 4 rings (SSSR count). The van der Waals surface area contributed by atoms with Crippen LogP contribution in [-0.4, -0.2) is 39.3 Å². The Kier molecular flexibility index (Phi) is 3.38. The molecule has 21 heavy (non-hydrogen) atoms. The summed E-state index contributed by atoms with van der Waals surface area (Å²) in [5.74, 6) is 0.863. The van der Waals surface area contributed by atoms with Crippen molar-refractivity contribution >= 4 is 27.5 Å². The fraction of sp³-hybridized carbons (Fsp3) is 0.600. The first-order valence-electron chi connectivity index (χ1n) is 7.77. The lowest BCUT2D eigenvalue weighted by atomic mass is 9.98. The number of nitrogens with zero attached hydrogens (tertiary/aromatic N) is 4. The molecule has 0 radical (unpaired) electrons. The van der Waals surface area contributed by atoms with Crippen molar-refractivity contribution in [2.45, 2.75) is 50.7 Å². The van der Waals surface area contributed by atoms with Gasteiger partial charge >= 0.3 is 0 Å². The maximum absolute atomic E-state index is 4.71. The number of hydrogen-bond donors (Lipinski definition) is 1. The Morgan fingerprint density at radius 3 is 2.81 bits per heavy atom. The molecule has 2 aromatic rings. The van der Waals surface area contributed by atoms with Crippen LogP contribution in [0, 0.1) is 0 Å². The number of pyridine rings is 1. The van der Waals surface area contributed by atoms with Crippen molar-refractivity contribution in [3.05, 3.63) is 22.8 Å². The van der Waals surface area contributed by atoms with E-state index in [1.165, 1.54) is 25.7 Å². The quantitative estimate of drug-likeness (QED) is 0.924. The van der Waals surface area contributed by atoms with Gasteiger partial charge in [0.25, 0.3) is 0 Å². The SMILES string of the molecule is CCN(c1nc2ccc(Br)cn2n1)C1CC2CCC(C1)N2. The van der Waals surface area contributed by atoms with E-state index in [2.05, 4.69) is 38.2 Å². The molecule has 2 saturated heterocycles. The Bertz CT molecular complexity index is 643. The number of anilines is 1. The highest BCUT2D eigenvalue weighted by Gasteiger charge is 2.36. The molecule has 2 fully saturated rings. The van der Waals surface area contributed by atoms with E-state index in [9.17, 15) is 0 Å². The van der Waals surface area contributed by atoms with E-state index in [-0.39, 0.29) is 0 Å². The van der Waals surface area contributed by atoms with E-state index in [0.29, 0.717) is 18.1 Å². The van der Waals surface area contributed by atoms with Crippen LogP contribution in [0.5, 0.6) is 0 Å². The Hall–Kier alpha value is -1.14. The fourth-order valence-electron chi connectivity index (χ4n) is 3.81. The molecule has 2 aromatic heterocycles. The van der Waals surface area contributed by atoms with Gasteiger partial charge < -0.3 is 10.2 Å². The third-order valence-corrected chi connectivity index (χ3v) is 5.24. The van der Waals surface area contributed by atoms with E-state index in [4.69, 9.17) is 4.98 Å². The van der Waals surface area contributed by atoms with Gasteiger partial charge in [0.05, 0.1) is 0 Å². The lowest BCUT2D eigenvalue weighted by Crippen LogP contribution is -2.48. The molecule has 0 saturated carbocycles. The number of halogens is 1. The van der Waals surface area contributed by atoms with Crippen LogP contribution in [-0.2, 0) is 0 Å². The summed E-state index contributed by atoms with van der Waals surface area (Å²) in [5, 5.41) is 8.38. The first-order chi connectivity index (χ1) is 10.2. The molecule has 2 atom stereocenters. The molecule has 0 amide bonds. The molecule has 2 bridgehead atoms. The predicted octanol–water partition coefficient (Wildman–Crippen LogP) is 2.60. The van der Waals surface area contributed by atoms with Gasteiger partial charge in [-0.3, -0.25) is 0 Å². The molecule has 6 heteroatoms. The number of fused-ring (bicyclic) bond motifs is 3. The Morgan fingerprint density at radius 1 is 1.33 bits per heavy atom. The fourth-order valence-corrected chi connectivity index (χ4v) is 4.14. The molecule has 5 nitrogen and oxygen atoms in total. The van der Waals surface area contributed by atoms with Crippen LogP contribution in [0.1, 0.15) is 32.6 Å². The Morgan fingerprint density at radius 2 is 2.10 bits per heavy atom. The molecule has 2 aliphatic heterocycles. The van der Waals surface area contributed by atoms with Gasteiger partial charge in [-0.15, -0.1) is 5.10 Å². The zero-order chi connectivity index (χ0) is 14.4. The molecule has 112 valence electrons. The highest BCUT2D eigenvalue weighted by atomic mass is 79.9. The standard InChI is InChI=1S/C15H20BrN5/c1-2-20(13-7-11-4-5-12(8-13)17-11)15-18-14-6-3-10(16)9-21(14)19-15/h3,6,9,11-13,17H,2,4-5,7-8H2,1H3. The summed E-state index contributed by atoms with van der Waals surface area (Å²) >= 11 is 3.49. The van der Waals surface area contributed by atoms with E-state index in [1.807, 2.05) is 22.8 Å². The summed E-state index contributed by atoms with van der Waals surface area (Å²) in [6, 6.07) is 5.95. The van der Waals surface area contributed by atoms with E-state index in [1.54, 1.807) is 0 Å². The lowest BCUT2D eigenvalue weighted by molar-refractivity contribution is 0.347. The van der Waals surface area contributed by atoms with Gasteiger partial charge in [-0.2, -0.15) is 4.98 Å². The van der Waals surface area contributed by atoms with Crippen molar-refractivity contribution < 1.29 is 0 Å². The van der Waals surface area contributed by atoms with Gasteiger partial charge in [0.2, 0.25) is 5.95 Å². The predicted molar refractivity (Wildman–Crippen MR) is 86.7 cm³/mol. The normalized spacial score (nSPS) is 28.2. The molecule has 0 aromatic carbocycles. The molecule has 4 heterocycles. The van der Waals surface area contributed by atoms with Crippen LogP contribution in [0.15, 0.2) is 22.8 Å². The first kappa shape index (κ1) is 13.5. The maximum atomic E-state index is 4.71. The van der Waals surface area contributed by atoms with Crippen molar-refractivity contribution in [3.8, 4) is 0 Å². The number of hydrogen-bond acceptors (Lipinski definition) is 4. The smallest absolute Gasteiger partial charge is 0.245 e. The van der Waals surface area contributed by atoms with E-state index < -0.39 is 0 Å². The zero-order valence-corrected chi connectivity index (χ0v) is 13.8. The second-order valence-corrected chi connectivity index (χ2v) is 7.03. The number of aromatic nitrogens is 3. The van der Waals surface area contributed by atoms with Gasteiger partial charge in [-0.25, -0.2) is 4.52 Å². The van der Waals surface area contributed by atoms with Crippen LogP contribution in [0.4, 0.5) is 5.95 Å². The summed E-state index contributed by atoms with van der Waals surface area (Å²) in [5.41, 5.74) is 0.906.